The fraction of sp³-hybridized carbons (Fsp3) is 0.625. The summed E-state index contributed by atoms with van der Waals surface area (Å²) in [7, 11) is -3.44. The Labute approximate surface area is 128 Å². The Morgan fingerprint density at radius 1 is 1.24 bits per heavy atom. The van der Waals surface area contributed by atoms with E-state index in [4.69, 9.17) is 0 Å². The summed E-state index contributed by atoms with van der Waals surface area (Å²) < 4.78 is 27.9. The number of rotatable bonds is 8. The smallest absolute Gasteiger partial charge is 0.241 e. The largest absolute Gasteiger partial charge is 0.310 e. The van der Waals surface area contributed by atoms with Crippen LogP contribution >= 0.6 is 0 Å². The summed E-state index contributed by atoms with van der Waals surface area (Å²) in [4.78, 5) is 0.407. The molecule has 1 fully saturated rings. The second-order valence-electron chi connectivity index (χ2n) is 5.83. The van der Waals surface area contributed by atoms with Crippen LogP contribution in [0.15, 0.2) is 23.1 Å². The Morgan fingerprint density at radius 3 is 2.48 bits per heavy atom. The molecule has 0 spiro atoms. The number of benzene rings is 1. The molecule has 5 heteroatoms. The van der Waals surface area contributed by atoms with Crippen molar-refractivity contribution in [2.75, 3.05) is 0 Å². The Kier molecular flexibility index (Phi) is 5.41. The van der Waals surface area contributed by atoms with Gasteiger partial charge < -0.3 is 5.32 Å². The van der Waals surface area contributed by atoms with Crippen LogP contribution in [0.1, 0.15) is 50.7 Å². The lowest BCUT2D eigenvalue weighted by atomic mass is 10.1. The van der Waals surface area contributed by atoms with Crippen molar-refractivity contribution in [3.8, 4) is 0 Å². The average molecular weight is 310 g/mol. The molecule has 1 aliphatic rings. The highest BCUT2D eigenvalue weighted by Gasteiger charge is 2.23. The topological polar surface area (TPSA) is 58.2 Å². The first kappa shape index (κ1) is 16.5. The summed E-state index contributed by atoms with van der Waals surface area (Å²) in [5.41, 5.74) is 1.92. The van der Waals surface area contributed by atoms with Crippen molar-refractivity contribution in [1.29, 1.82) is 0 Å². The van der Waals surface area contributed by atoms with Gasteiger partial charge in [-0.25, -0.2) is 13.1 Å². The van der Waals surface area contributed by atoms with E-state index in [1.54, 1.807) is 6.07 Å². The Bertz CT molecular complexity index is 576. The van der Waals surface area contributed by atoms with Gasteiger partial charge in [-0.15, -0.1) is 0 Å². The maximum absolute atomic E-state index is 12.6. The molecule has 0 radical (unpaired) electrons. The first-order valence-corrected chi connectivity index (χ1v) is 9.30. The van der Waals surface area contributed by atoms with Crippen molar-refractivity contribution in [3.63, 3.8) is 0 Å². The summed E-state index contributed by atoms with van der Waals surface area (Å²) in [6, 6.07) is 6.15. The predicted molar refractivity (Wildman–Crippen MR) is 85.7 cm³/mol. The van der Waals surface area contributed by atoms with Gasteiger partial charge in [-0.3, -0.25) is 0 Å². The van der Waals surface area contributed by atoms with E-state index in [0.29, 0.717) is 10.9 Å². The third-order valence-electron chi connectivity index (χ3n) is 4.15. The summed E-state index contributed by atoms with van der Waals surface area (Å²) >= 11 is 0. The molecule has 2 N–H and O–H groups in total. The molecule has 0 heterocycles. The highest BCUT2D eigenvalue weighted by atomic mass is 32.2. The molecule has 118 valence electrons. The van der Waals surface area contributed by atoms with E-state index in [1.165, 1.54) is 12.8 Å². The Hall–Kier alpha value is -0.910. The number of hydrogen-bond donors (Lipinski definition) is 2. The van der Waals surface area contributed by atoms with Crippen molar-refractivity contribution in [3.05, 3.63) is 29.3 Å². The highest BCUT2D eigenvalue weighted by Crippen LogP contribution is 2.22. The minimum atomic E-state index is -3.44. The maximum atomic E-state index is 12.6. The molecule has 1 saturated carbocycles. The van der Waals surface area contributed by atoms with Crippen molar-refractivity contribution >= 4 is 10.0 Å². The molecule has 0 aliphatic heterocycles. The second-order valence-corrected chi connectivity index (χ2v) is 7.51. The van der Waals surface area contributed by atoms with Crippen molar-refractivity contribution in [2.45, 2.75) is 70.0 Å². The van der Waals surface area contributed by atoms with Gasteiger partial charge in [0.25, 0.3) is 0 Å². The lowest BCUT2D eigenvalue weighted by molar-refractivity contribution is 0.529. The number of nitrogens with one attached hydrogen (secondary N) is 2. The van der Waals surface area contributed by atoms with E-state index in [2.05, 4.69) is 10.0 Å². The van der Waals surface area contributed by atoms with Gasteiger partial charge in [0.15, 0.2) is 0 Å². The van der Waals surface area contributed by atoms with E-state index in [9.17, 15) is 8.42 Å². The van der Waals surface area contributed by atoms with Crippen LogP contribution in [0.3, 0.4) is 0 Å². The molecule has 0 unspecified atom stereocenters. The van der Waals surface area contributed by atoms with Crippen LogP contribution < -0.4 is 10.0 Å². The summed E-state index contributed by atoms with van der Waals surface area (Å²) in [5.74, 6) is 0. The second kappa shape index (κ2) is 6.90. The van der Waals surface area contributed by atoms with Crippen molar-refractivity contribution in [1.82, 2.24) is 10.0 Å². The van der Waals surface area contributed by atoms with E-state index < -0.39 is 10.0 Å². The van der Waals surface area contributed by atoms with Crippen LogP contribution in [0, 0.1) is 6.92 Å². The van der Waals surface area contributed by atoms with Gasteiger partial charge in [0, 0.05) is 18.6 Å². The molecule has 1 aromatic carbocycles. The third kappa shape index (κ3) is 4.28. The first-order valence-electron chi connectivity index (χ1n) is 7.82. The van der Waals surface area contributed by atoms with Crippen LogP contribution in [0.4, 0.5) is 0 Å². The van der Waals surface area contributed by atoms with Gasteiger partial charge in [0.05, 0.1) is 4.90 Å². The standard InChI is InChI=1S/C16H26N2O2S/c1-4-14(5-2)18-21(19,20)16-8-6-7-13(12(16)3)11-17-15-9-10-15/h6-8,14-15,17-18H,4-5,9-11H2,1-3H3. The SMILES string of the molecule is CCC(CC)NS(=O)(=O)c1cccc(CNC2CC2)c1C. The Balaban J connectivity index is 2.19. The van der Waals surface area contributed by atoms with E-state index in [1.807, 2.05) is 32.9 Å². The third-order valence-corrected chi connectivity index (χ3v) is 5.82. The van der Waals surface area contributed by atoms with Crippen molar-refractivity contribution in [2.24, 2.45) is 0 Å². The fourth-order valence-corrected chi connectivity index (χ4v) is 4.11. The van der Waals surface area contributed by atoms with Crippen LogP contribution in [-0.2, 0) is 16.6 Å². The first-order chi connectivity index (χ1) is 9.97. The van der Waals surface area contributed by atoms with Crippen LogP contribution in [-0.4, -0.2) is 20.5 Å². The summed E-state index contributed by atoms with van der Waals surface area (Å²) in [6.45, 7) is 6.63. The van der Waals surface area contributed by atoms with E-state index in [0.717, 1.165) is 30.5 Å². The van der Waals surface area contributed by atoms with Gasteiger partial charge in [-0.2, -0.15) is 0 Å². The summed E-state index contributed by atoms with van der Waals surface area (Å²) in [6.07, 6.45) is 4.07. The van der Waals surface area contributed by atoms with E-state index >= 15 is 0 Å². The average Bonchev–Trinajstić information content (AvgIpc) is 3.27. The molecule has 0 saturated heterocycles. The molecule has 21 heavy (non-hydrogen) atoms. The summed E-state index contributed by atoms with van der Waals surface area (Å²) in [5, 5.41) is 3.44. The molecule has 0 aromatic heterocycles. The molecule has 0 atom stereocenters. The molecular weight excluding hydrogens is 284 g/mol. The molecule has 1 aliphatic carbocycles. The minimum absolute atomic E-state index is 0.00245. The lowest BCUT2D eigenvalue weighted by Gasteiger charge is -2.17. The van der Waals surface area contributed by atoms with Gasteiger partial charge in [0.2, 0.25) is 10.0 Å². The van der Waals surface area contributed by atoms with Gasteiger partial charge >= 0.3 is 0 Å². The lowest BCUT2D eigenvalue weighted by Crippen LogP contribution is -2.34. The molecule has 0 bridgehead atoms. The molecule has 1 aromatic rings. The van der Waals surface area contributed by atoms with Crippen molar-refractivity contribution < 1.29 is 8.42 Å². The maximum Gasteiger partial charge on any atom is 0.241 e. The van der Waals surface area contributed by atoms with Crippen LogP contribution in [0.5, 0.6) is 0 Å². The molecule has 2 rings (SSSR count). The molecule has 4 nitrogen and oxygen atoms in total. The zero-order valence-corrected chi connectivity index (χ0v) is 14.0. The van der Waals surface area contributed by atoms with Gasteiger partial charge in [-0.1, -0.05) is 26.0 Å². The molecule has 0 amide bonds. The highest BCUT2D eigenvalue weighted by molar-refractivity contribution is 7.89. The minimum Gasteiger partial charge on any atom is -0.310 e. The van der Waals surface area contributed by atoms with Gasteiger partial charge in [0.1, 0.15) is 0 Å². The number of hydrogen-bond acceptors (Lipinski definition) is 3. The Morgan fingerprint density at radius 2 is 1.90 bits per heavy atom. The monoisotopic (exact) mass is 310 g/mol. The zero-order valence-electron chi connectivity index (χ0n) is 13.1. The van der Waals surface area contributed by atoms with E-state index in [-0.39, 0.29) is 6.04 Å². The van der Waals surface area contributed by atoms with Crippen LogP contribution in [0.25, 0.3) is 0 Å². The zero-order chi connectivity index (χ0) is 15.5. The fourth-order valence-electron chi connectivity index (χ4n) is 2.42. The normalized spacial score (nSPS) is 15.6. The van der Waals surface area contributed by atoms with Crippen LogP contribution in [0.2, 0.25) is 0 Å². The number of sulfonamides is 1. The predicted octanol–water partition coefficient (Wildman–Crippen LogP) is 2.71. The van der Waals surface area contributed by atoms with Gasteiger partial charge in [-0.05, 0) is 49.8 Å². The quantitative estimate of drug-likeness (QED) is 0.776. The molecular formula is C16H26N2O2S.